The minimum Gasteiger partial charge on any atom is -0.497 e. The molecule has 2 aromatic rings. The largest absolute Gasteiger partial charge is 0.497 e. The SMILES string of the molecule is COc1ccc2nc3c(nc2c1)O[C@H]1CN(C(=O)[C@H](C2(C)COC2)NC(=O)O[C@]2(C)CCC[C@H]2CCCCC3(F)F)[C@H](C=O)[C@@H]1C. The number of hydrogen-bond donors (Lipinski definition) is 1. The monoisotopic (exact) mass is 644 g/mol. The van der Waals surface area contributed by atoms with Gasteiger partial charge in [0.2, 0.25) is 11.8 Å². The highest BCUT2D eigenvalue weighted by Crippen LogP contribution is 2.44. The Morgan fingerprint density at radius 2 is 1.83 bits per heavy atom. The standard InChI is InChI=1S/C33H42F2N4O7/c1-19-24(16-40)39-15-25(19)45-28-26(36-22-11-10-21(43-4)14-23(22)37-28)33(34,35)13-6-5-8-20-9-7-12-32(20,3)46-30(42)38-27(29(39)41)31(2)17-44-18-31/h10-11,14,16,19-20,24-25,27H,5-9,12-13,15,17-18H2,1-4H3,(H,38,42)/t19-,20+,24+,25-,27+,32+/m0/s1. The Kier molecular flexibility index (Phi) is 8.58. The van der Waals surface area contributed by atoms with Gasteiger partial charge in [-0.05, 0) is 57.1 Å². The van der Waals surface area contributed by atoms with Crippen molar-refractivity contribution in [3.63, 3.8) is 0 Å². The third kappa shape index (κ3) is 5.86. The fraction of sp³-hybridized carbons (Fsp3) is 0.667. The molecule has 2 saturated heterocycles. The average Bonchev–Trinajstić information content (AvgIpc) is 3.53. The molecule has 1 N–H and O–H groups in total. The summed E-state index contributed by atoms with van der Waals surface area (Å²) >= 11 is 0. The summed E-state index contributed by atoms with van der Waals surface area (Å²) < 4.78 is 55.1. The van der Waals surface area contributed by atoms with Crippen LogP contribution >= 0.6 is 0 Å². The second kappa shape index (κ2) is 12.2. The average molecular weight is 645 g/mol. The van der Waals surface area contributed by atoms with Gasteiger partial charge in [-0.25, -0.2) is 14.8 Å². The summed E-state index contributed by atoms with van der Waals surface area (Å²) in [5.41, 5.74) is -1.54. The summed E-state index contributed by atoms with van der Waals surface area (Å²) in [6.07, 6.45) is 2.19. The smallest absolute Gasteiger partial charge is 0.408 e. The molecule has 2 amide bonds. The van der Waals surface area contributed by atoms with Crippen molar-refractivity contribution < 1.29 is 42.1 Å². The number of carbonyl (C=O) groups excluding carboxylic acids is 3. The van der Waals surface area contributed by atoms with Crippen LogP contribution in [-0.2, 0) is 25.0 Å². The highest BCUT2D eigenvalue weighted by Gasteiger charge is 2.53. The number of aromatic nitrogens is 2. The van der Waals surface area contributed by atoms with E-state index in [-0.39, 0.29) is 43.5 Å². The van der Waals surface area contributed by atoms with E-state index in [2.05, 4.69) is 15.3 Å². The van der Waals surface area contributed by atoms with Crippen LogP contribution in [0.25, 0.3) is 11.0 Å². The van der Waals surface area contributed by atoms with Crippen molar-refractivity contribution in [3.8, 4) is 11.6 Å². The predicted molar refractivity (Wildman–Crippen MR) is 162 cm³/mol. The van der Waals surface area contributed by atoms with E-state index in [1.165, 1.54) is 12.0 Å². The van der Waals surface area contributed by atoms with Crippen molar-refractivity contribution in [2.75, 3.05) is 26.9 Å². The number of halogens is 2. The van der Waals surface area contributed by atoms with E-state index >= 15 is 8.78 Å². The van der Waals surface area contributed by atoms with Crippen molar-refractivity contribution in [1.82, 2.24) is 20.2 Å². The van der Waals surface area contributed by atoms with Crippen LogP contribution in [0.3, 0.4) is 0 Å². The topological polar surface area (TPSA) is 129 Å². The minimum absolute atomic E-state index is 0.0171. The summed E-state index contributed by atoms with van der Waals surface area (Å²) in [5, 5.41) is 2.83. The lowest BCUT2D eigenvalue weighted by Crippen LogP contribution is -2.64. The number of nitrogens with zero attached hydrogens (tertiary/aromatic N) is 3. The Morgan fingerprint density at radius 3 is 2.52 bits per heavy atom. The van der Waals surface area contributed by atoms with E-state index in [0.29, 0.717) is 36.8 Å². The van der Waals surface area contributed by atoms with Gasteiger partial charge >= 0.3 is 6.09 Å². The van der Waals surface area contributed by atoms with E-state index in [4.69, 9.17) is 18.9 Å². The molecular weight excluding hydrogens is 602 g/mol. The molecule has 3 fully saturated rings. The van der Waals surface area contributed by atoms with Crippen molar-refractivity contribution in [2.24, 2.45) is 17.3 Å². The summed E-state index contributed by atoms with van der Waals surface area (Å²) in [6, 6.07) is 2.82. The van der Waals surface area contributed by atoms with E-state index < -0.39 is 65.2 Å². The molecule has 1 aromatic carbocycles. The molecule has 6 atom stereocenters. The van der Waals surface area contributed by atoms with Crippen LogP contribution < -0.4 is 14.8 Å². The zero-order valence-electron chi connectivity index (χ0n) is 26.7. The Labute approximate surface area is 266 Å². The molecule has 0 radical (unpaired) electrons. The van der Waals surface area contributed by atoms with Gasteiger partial charge < -0.3 is 34.0 Å². The number of alkyl carbamates (subject to hydrolysis) is 1. The summed E-state index contributed by atoms with van der Waals surface area (Å²) in [4.78, 5) is 50.2. The number of carbonyl (C=O) groups is 3. The molecule has 0 spiro atoms. The van der Waals surface area contributed by atoms with Gasteiger partial charge in [0.25, 0.3) is 5.92 Å². The highest BCUT2D eigenvalue weighted by molar-refractivity contribution is 5.89. The van der Waals surface area contributed by atoms with E-state index in [1.807, 2.05) is 13.8 Å². The van der Waals surface area contributed by atoms with Gasteiger partial charge in [-0.2, -0.15) is 8.78 Å². The number of ether oxygens (including phenoxy) is 4. The maximum absolute atomic E-state index is 16.1. The molecule has 1 saturated carbocycles. The van der Waals surface area contributed by atoms with Crippen molar-refractivity contribution >= 4 is 29.3 Å². The number of aldehydes is 1. The highest BCUT2D eigenvalue weighted by atomic mass is 19.3. The molecule has 11 nitrogen and oxygen atoms in total. The van der Waals surface area contributed by atoms with E-state index in [0.717, 1.165) is 12.8 Å². The van der Waals surface area contributed by atoms with Crippen LogP contribution in [0.4, 0.5) is 13.6 Å². The Bertz CT molecular complexity index is 1500. The number of rotatable bonds is 3. The van der Waals surface area contributed by atoms with Crippen LogP contribution in [0.2, 0.25) is 0 Å². The molecular formula is C33H42F2N4O7. The number of fused-ring (bicyclic) bond motifs is 5. The van der Waals surface area contributed by atoms with E-state index in [1.54, 1.807) is 25.1 Å². The van der Waals surface area contributed by atoms with Crippen molar-refractivity contribution in [3.05, 3.63) is 23.9 Å². The molecule has 13 heteroatoms. The lowest BCUT2D eigenvalue weighted by atomic mass is 9.79. The molecule has 250 valence electrons. The van der Waals surface area contributed by atoms with Crippen molar-refractivity contribution in [1.29, 1.82) is 0 Å². The third-order valence-corrected chi connectivity index (χ3v) is 10.5. The minimum atomic E-state index is -3.37. The van der Waals surface area contributed by atoms with Crippen LogP contribution in [0.5, 0.6) is 11.6 Å². The molecule has 0 unspecified atom stereocenters. The second-order valence-electron chi connectivity index (χ2n) is 13.8. The lowest BCUT2D eigenvalue weighted by molar-refractivity contribution is -0.158. The fourth-order valence-electron chi connectivity index (χ4n) is 7.47. The summed E-state index contributed by atoms with van der Waals surface area (Å²) in [5.74, 6) is -4.33. The quantitative estimate of drug-likeness (QED) is 0.469. The molecule has 6 rings (SSSR count). The maximum atomic E-state index is 16.1. The third-order valence-electron chi connectivity index (χ3n) is 10.5. The van der Waals surface area contributed by atoms with Crippen LogP contribution in [0.1, 0.15) is 71.4 Å². The molecule has 1 aliphatic carbocycles. The van der Waals surface area contributed by atoms with Crippen LogP contribution in [-0.4, -0.2) is 83.8 Å². The first kappa shape index (κ1) is 32.3. The van der Waals surface area contributed by atoms with Crippen LogP contribution in [0.15, 0.2) is 18.2 Å². The van der Waals surface area contributed by atoms with Gasteiger partial charge in [0, 0.05) is 23.8 Å². The molecule has 1 aromatic heterocycles. The summed E-state index contributed by atoms with van der Waals surface area (Å²) in [7, 11) is 1.49. The maximum Gasteiger partial charge on any atom is 0.408 e. The Hall–Kier alpha value is -3.61. The zero-order valence-corrected chi connectivity index (χ0v) is 26.7. The predicted octanol–water partition coefficient (Wildman–Crippen LogP) is 4.79. The number of methoxy groups -OCH3 is 1. The van der Waals surface area contributed by atoms with Gasteiger partial charge in [0.1, 0.15) is 29.8 Å². The number of alkyl halides is 2. The normalized spacial score (nSPS) is 32.9. The Balaban J connectivity index is 1.41. The first-order valence-corrected chi connectivity index (χ1v) is 16.1. The number of benzene rings is 1. The second-order valence-corrected chi connectivity index (χ2v) is 13.8. The van der Waals surface area contributed by atoms with Gasteiger partial charge in [-0.1, -0.05) is 20.3 Å². The van der Waals surface area contributed by atoms with Gasteiger partial charge in [0.05, 0.1) is 43.9 Å². The number of amides is 2. The molecule has 4 heterocycles. The van der Waals surface area contributed by atoms with E-state index in [9.17, 15) is 14.4 Å². The molecule has 2 bridgehead atoms. The van der Waals surface area contributed by atoms with Crippen molar-refractivity contribution in [2.45, 2.75) is 95.4 Å². The summed E-state index contributed by atoms with van der Waals surface area (Å²) in [6.45, 7) is 5.81. The Morgan fingerprint density at radius 1 is 1.07 bits per heavy atom. The number of nitrogens with one attached hydrogen (secondary N) is 1. The van der Waals surface area contributed by atoms with Gasteiger partial charge in [0.15, 0.2) is 5.69 Å². The van der Waals surface area contributed by atoms with Gasteiger partial charge in [-0.3, -0.25) is 4.79 Å². The first-order valence-electron chi connectivity index (χ1n) is 16.1. The molecule has 3 aliphatic heterocycles. The first-order chi connectivity index (χ1) is 21.9. The van der Waals surface area contributed by atoms with Gasteiger partial charge in [-0.15, -0.1) is 0 Å². The fourth-order valence-corrected chi connectivity index (χ4v) is 7.47. The molecule has 4 aliphatic rings. The molecule has 46 heavy (non-hydrogen) atoms. The lowest BCUT2D eigenvalue weighted by Gasteiger charge is -2.45. The van der Waals surface area contributed by atoms with Crippen LogP contribution in [0, 0.1) is 17.3 Å². The number of hydrogen-bond acceptors (Lipinski definition) is 9. The zero-order chi connectivity index (χ0) is 32.9.